The van der Waals surface area contributed by atoms with Gasteiger partial charge in [-0.2, -0.15) is 0 Å². The van der Waals surface area contributed by atoms with Gasteiger partial charge in [-0.25, -0.2) is 0 Å². The second kappa shape index (κ2) is 6.07. The highest BCUT2D eigenvalue weighted by molar-refractivity contribution is 6.31. The van der Waals surface area contributed by atoms with E-state index in [0.29, 0.717) is 10.7 Å². The van der Waals surface area contributed by atoms with Crippen LogP contribution in [0, 0.1) is 0 Å². The van der Waals surface area contributed by atoms with Gasteiger partial charge in [0, 0.05) is 16.8 Å². The topological polar surface area (TPSA) is 69.6 Å². The number of halogens is 1. The molecule has 106 valence electrons. The Hall–Kier alpha value is -1.85. The van der Waals surface area contributed by atoms with Crippen molar-refractivity contribution in [2.45, 2.75) is 13.3 Å². The summed E-state index contributed by atoms with van der Waals surface area (Å²) >= 11 is 5.95. The quantitative estimate of drug-likeness (QED) is 0.809. The van der Waals surface area contributed by atoms with Crippen molar-refractivity contribution in [3.63, 3.8) is 0 Å². The minimum atomic E-state index is -0.439. The maximum Gasteiger partial charge on any atom is 0.277 e. The molecule has 0 fully saturated rings. The number of anilines is 1. The molecule has 1 aliphatic heterocycles. The molecule has 0 bridgehead atoms. The summed E-state index contributed by atoms with van der Waals surface area (Å²) in [6.07, 6.45) is 2.01. The SMILES string of the molecule is CCc1ccc(Cl)cc1NC1=CC(=O)N(CCO)C1=O. The third-order valence-electron chi connectivity index (χ3n) is 3.06. The van der Waals surface area contributed by atoms with Gasteiger partial charge in [-0.3, -0.25) is 14.5 Å². The Morgan fingerprint density at radius 1 is 1.35 bits per heavy atom. The Morgan fingerprint density at radius 2 is 2.10 bits per heavy atom. The molecule has 2 N–H and O–H groups in total. The Kier molecular flexibility index (Phi) is 4.42. The van der Waals surface area contributed by atoms with Crippen molar-refractivity contribution >= 4 is 29.1 Å². The molecule has 0 aliphatic carbocycles. The summed E-state index contributed by atoms with van der Waals surface area (Å²) in [5, 5.41) is 12.4. The molecule has 2 amide bonds. The van der Waals surface area contributed by atoms with E-state index < -0.39 is 11.8 Å². The lowest BCUT2D eigenvalue weighted by atomic mass is 10.1. The number of imide groups is 1. The van der Waals surface area contributed by atoms with E-state index in [0.717, 1.165) is 16.9 Å². The predicted molar refractivity (Wildman–Crippen MR) is 76.3 cm³/mol. The number of hydrogen-bond acceptors (Lipinski definition) is 4. The standard InChI is InChI=1S/C14H15ClN2O3/c1-2-9-3-4-10(15)7-11(9)16-12-8-13(19)17(5-6-18)14(12)20/h3-4,7-8,16,18H,2,5-6H2,1H3. The molecule has 5 nitrogen and oxygen atoms in total. The highest BCUT2D eigenvalue weighted by atomic mass is 35.5. The van der Waals surface area contributed by atoms with E-state index in [1.165, 1.54) is 6.08 Å². The molecule has 0 aromatic heterocycles. The smallest absolute Gasteiger partial charge is 0.277 e. The highest BCUT2D eigenvalue weighted by Crippen LogP contribution is 2.24. The number of benzene rings is 1. The molecule has 1 heterocycles. The Bertz CT molecular complexity index is 584. The Balaban J connectivity index is 2.23. The van der Waals surface area contributed by atoms with Crippen molar-refractivity contribution in [1.82, 2.24) is 4.90 Å². The summed E-state index contributed by atoms with van der Waals surface area (Å²) in [6, 6.07) is 5.37. The number of β-amino-alcohol motifs (C(OH)–C–C–N with tert-alkyl or cyclic N) is 1. The minimum Gasteiger partial charge on any atom is -0.395 e. The van der Waals surface area contributed by atoms with E-state index in [1.54, 1.807) is 12.1 Å². The van der Waals surface area contributed by atoms with Gasteiger partial charge in [0.25, 0.3) is 11.8 Å². The first-order valence-corrected chi connectivity index (χ1v) is 6.68. The van der Waals surface area contributed by atoms with Gasteiger partial charge >= 0.3 is 0 Å². The van der Waals surface area contributed by atoms with Crippen LogP contribution in [-0.2, 0) is 16.0 Å². The van der Waals surface area contributed by atoms with Crippen molar-refractivity contribution in [1.29, 1.82) is 0 Å². The van der Waals surface area contributed by atoms with E-state index in [2.05, 4.69) is 5.32 Å². The molecule has 20 heavy (non-hydrogen) atoms. The molecule has 0 atom stereocenters. The average Bonchev–Trinajstić information content (AvgIpc) is 2.67. The van der Waals surface area contributed by atoms with E-state index >= 15 is 0 Å². The third-order valence-corrected chi connectivity index (χ3v) is 3.29. The summed E-state index contributed by atoms with van der Waals surface area (Å²) in [5.74, 6) is -0.863. The second-order valence-electron chi connectivity index (χ2n) is 4.36. The predicted octanol–water partition coefficient (Wildman–Crippen LogP) is 1.56. The number of carbonyl (C=O) groups excluding carboxylic acids is 2. The molecule has 1 aromatic carbocycles. The van der Waals surface area contributed by atoms with Crippen LogP contribution in [0.25, 0.3) is 0 Å². The fourth-order valence-electron chi connectivity index (χ4n) is 2.03. The monoisotopic (exact) mass is 294 g/mol. The summed E-state index contributed by atoms with van der Waals surface area (Å²) < 4.78 is 0. The lowest BCUT2D eigenvalue weighted by molar-refractivity contribution is -0.137. The van der Waals surface area contributed by atoms with Gasteiger partial charge in [0.15, 0.2) is 0 Å². The van der Waals surface area contributed by atoms with E-state index in [-0.39, 0.29) is 18.8 Å². The van der Waals surface area contributed by atoms with E-state index in [1.807, 2.05) is 13.0 Å². The van der Waals surface area contributed by atoms with Crippen molar-refractivity contribution in [2.24, 2.45) is 0 Å². The zero-order chi connectivity index (χ0) is 14.7. The van der Waals surface area contributed by atoms with Crippen LogP contribution in [0.15, 0.2) is 30.0 Å². The van der Waals surface area contributed by atoms with Crippen LogP contribution < -0.4 is 5.32 Å². The lowest BCUT2D eigenvalue weighted by Gasteiger charge is -2.15. The molecule has 1 aliphatic rings. The van der Waals surface area contributed by atoms with Crippen LogP contribution in [0.5, 0.6) is 0 Å². The van der Waals surface area contributed by atoms with Crippen LogP contribution in [-0.4, -0.2) is 35.0 Å². The van der Waals surface area contributed by atoms with Crippen LogP contribution in [0.4, 0.5) is 5.69 Å². The van der Waals surface area contributed by atoms with Crippen molar-refractivity contribution < 1.29 is 14.7 Å². The van der Waals surface area contributed by atoms with Crippen molar-refractivity contribution in [3.05, 3.63) is 40.6 Å². The Labute approximate surface area is 121 Å². The maximum atomic E-state index is 12.0. The zero-order valence-electron chi connectivity index (χ0n) is 11.0. The van der Waals surface area contributed by atoms with Gasteiger partial charge in [0.2, 0.25) is 0 Å². The number of aliphatic hydroxyl groups is 1. The van der Waals surface area contributed by atoms with Crippen molar-refractivity contribution in [3.8, 4) is 0 Å². The average molecular weight is 295 g/mol. The number of hydrogen-bond donors (Lipinski definition) is 2. The first kappa shape index (κ1) is 14.6. The molecule has 0 saturated heterocycles. The van der Waals surface area contributed by atoms with Gasteiger partial charge in [-0.15, -0.1) is 0 Å². The molecule has 1 aromatic rings. The molecule has 0 spiro atoms. The van der Waals surface area contributed by atoms with Crippen LogP contribution >= 0.6 is 11.6 Å². The van der Waals surface area contributed by atoms with Gasteiger partial charge in [0.1, 0.15) is 5.70 Å². The van der Waals surface area contributed by atoms with Crippen LogP contribution in [0.1, 0.15) is 12.5 Å². The molecular weight excluding hydrogens is 280 g/mol. The number of nitrogens with zero attached hydrogens (tertiary/aromatic N) is 1. The van der Waals surface area contributed by atoms with Gasteiger partial charge in [0.05, 0.1) is 13.2 Å². The van der Waals surface area contributed by atoms with Crippen LogP contribution in [0.2, 0.25) is 5.02 Å². The number of amides is 2. The number of rotatable bonds is 5. The third kappa shape index (κ3) is 2.84. The number of nitrogens with one attached hydrogen (secondary N) is 1. The normalized spacial score (nSPS) is 14.8. The fourth-order valence-corrected chi connectivity index (χ4v) is 2.20. The fraction of sp³-hybridized carbons (Fsp3) is 0.286. The first-order valence-electron chi connectivity index (χ1n) is 6.30. The number of carbonyl (C=O) groups is 2. The minimum absolute atomic E-state index is 0.00444. The van der Waals surface area contributed by atoms with Crippen LogP contribution in [0.3, 0.4) is 0 Å². The molecule has 0 saturated carbocycles. The number of aliphatic hydroxyl groups excluding tert-OH is 1. The van der Waals surface area contributed by atoms with Crippen molar-refractivity contribution in [2.75, 3.05) is 18.5 Å². The van der Waals surface area contributed by atoms with Gasteiger partial charge in [-0.05, 0) is 24.1 Å². The zero-order valence-corrected chi connectivity index (χ0v) is 11.8. The highest BCUT2D eigenvalue weighted by Gasteiger charge is 2.30. The van der Waals surface area contributed by atoms with E-state index in [9.17, 15) is 9.59 Å². The molecule has 6 heteroatoms. The Morgan fingerprint density at radius 3 is 2.75 bits per heavy atom. The van der Waals surface area contributed by atoms with E-state index in [4.69, 9.17) is 16.7 Å². The molecule has 2 rings (SSSR count). The van der Waals surface area contributed by atoms with Gasteiger partial charge < -0.3 is 10.4 Å². The summed E-state index contributed by atoms with van der Waals surface area (Å²) in [5.41, 5.74) is 1.90. The molecular formula is C14H15ClN2O3. The summed E-state index contributed by atoms with van der Waals surface area (Å²) in [6.45, 7) is 1.73. The summed E-state index contributed by atoms with van der Waals surface area (Å²) in [7, 11) is 0. The largest absolute Gasteiger partial charge is 0.395 e. The second-order valence-corrected chi connectivity index (χ2v) is 4.79. The maximum absolute atomic E-state index is 12.0. The molecule has 0 radical (unpaired) electrons. The summed E-state index contributed by atoms with van der Waals surface area (Å²) in [4.78, 5) is 24.7. The first-order chi connectivity index (χ1) is 9.56. The van der Waals surface area contributed by atoms with Gasteiger partial charge in [-0.1, -0.05) is 24.6 Å². The molecule has 0 unspecified atom stereocenters. The number of aryl methyl sites for hydroxylation is 1. The lowest BCUT2D eigenvalue weighted by Crippen LogP contribution is -2.34.